The number of hydrogen-bond donors (Lipinski definition) is 3. The minimum atomic E-state index is -0.432. The highest BCUT2D eigenvalue weighted by molar-refractivity contribution is 5.84. The molecule has 34 heavy (non-hydrogen) atoms. The molecule has 0 aliphatic carbocycles. The van der Waals surface area contributed by atoms with Crippen LogP contribution in [0.3, 0.4) is 0 Å². The van der Waals surface area contributed by atoms with E-state index in [1.165, 1.54) is 41.8 Å². The molecule has 2 aliphatic rings. The molecule has 1 aromatic carbocycles. The molecule has 0 radical (unpaired) electrons. The molecule has 0 bridgehead atoms. The molecule has 0 amide bonds. The van der Waals surface area contributed by atoms with Gasteiger partial charge in [0.05, 0.1) is 12.5 Å². The molecule has 1 fully saturated rings. The lowest BCUT2D eigenvalue weighted by molar-refractivity contribution is 0.198. The number of halogens is 1. The fourth-order valence-electron chi connectivity index (χ4n) is 4.01. The molecule has 0 spiro atoms. The summed E-state index contributed by atoms with van der Waals surface area (Å²) in [5.74, 6) is 0.575. The van der Waals surface area contributed by atoms with Crippen LogP contribution in [-0.4, -0.2) is 44.7 Å². The van der Waals surface area contributed by atoms with Crippen molar-refractivity contribution in [2.45, 2.75) is 25.8 Å². The maximum absolute atomic E-state index is 13.6. The summed E-state index contributed by atoms with van der Waals surface area (Å²) in [4.78, 5) is 20.2. The van der Waals surface area contributed by atoms with Gasteiger partial charge in [0.1, 0.15) is 11.3 Å². The summed E-state index contributed by atoms with van der Waals surface area (Å²) in [5.41, 5.74) is 5.55. The van der Waals surface area contributed by atoms with Crippen molar-refractivity contribution >= 4 is 22.6 Å². The van der Waals surface area contributed by atoms with Crippen LogP contribution in [0.25, 0.3) is 28.1 Å². The number of fused-ring (bicyclic) bond motifs is 2. The second kappa shape index (κ2) is 10.4. The third kappa shape index (κ3) is 5.04. The Morgan fingerprint density at radius 2 is 1.97 bits per heavy atom. The van der Waals surface area contributed by atoms with Crippen molar-refractivity contribution in [3.05, 3.63) is 72.2 Å². The summed E-state index contributed by atoms with van der Waals surface area (Å²) in [6.07, 6.45) is 9.71. The van der Waals surface area contributed by atoms with Crippen molar-refractivity contribution in [3.63, 3.8) is 0 Å². The zero-order valence-corrected chi connectivity index (χ0v) is 18.7. The summed E-state index contributed by atoms with van der Waals surface area (Å²) in [6, 6.07) is 9.76. The Balaban J connectivity index is 0.000000429. The number of anilines is 1. The van der Waals surface area contributed by atoms with E-state index >= 15 is 0 Å². The van der Waals surface area contributed by atoms with Crippen LogP contribution < -0.4 is 10.6 Å². The number of pyridine rings is 1. The number of imidazole rings is 1. The standard InChI is InChI=1S/C21H18FN7.C4H8O/c22-16-7-15(10-24-11-16)19-28-20(18-21(29-19)27-12-26-18)25-6-5-14-9-23-8-13-3-1-2-4-17(13)14;1-2-4-5-3-1/h1-4,7,9-12,23H,5-6,8H2,(H2,25,26,27,28,29);1-4H2. The van der Waals surface area contributed by atoms with Crippen LogP contribution in [0.15, 0.2) is 55.3 Å². The van der Waals surface area contributed by atoms with Gasteiger partial charge in [-0.15, -0.1) is 0 Å². The lowest BCUT2D eigenvalue weighted by Gasteiger charge is -2.19. The molecular weight excluding hydrogens is 433 g/mol. The van der Waals surface area contributed by atoms with Crippen molar-refractivity contribution in [3.8, 4) is 11.4 Å². The van der Waals surface area contributed by atoms with Crippen LogP contribution in [0, 0.1) is 5.82 Å². The number of rotatable bonds is 5. The molecule has 9 heteroatoms. The van der Waals surface area contributed by atoms with Gasteiger partial charge in [-0.1, -0.05) is 24.3 Å². The van der Waals surface area contributed by atoms with Gasteiger partial charge in [-0.25, -0.2) is 19.3 Å². The van der Waals surface area contributed by atoms with E-state index in [1.54, 1.807) is 6.33 Å². The topological polar surface area (TPSA) is 101 Å². The summed E-state index contributed by atoms with van der Waals surface area (Å²) in [6.45, 7) is 3.52. The number of aromatic amines is 1. The SMILES string of the molecule is C1CCOC1.Fc1cncc(-c2nc(NCCC3=CNCc4ccccc43)c3[nH]cnc3n2)c1. The lowest BCUT2D eigenvalue weighted by Crippen LogP contribution is -2.15. The van der Waals surface area contributed by atoms with Crippen LogP contribution in [0.2, 0.25) is 0 Å². The van der Waals surface area contributed by atoms with E-state index < -0.39 is 5.82 Å². The molecule has 0 unspecified atom stereocenters. The van der Waals surface area contributed by atoms with Gasteiger partial charge in [-0.05, 0) is 42.0 Å². The summed E-state index contributed by atoms with van der Waals surface area (Å²) >= 11 is 0. The van der Waals surface area contributed by atoms with Crippen LogP contribution in [0.4, 0.5) is 10.2 Å². The van der Waals surface area contributed by atoms with Gasteiger partial charge in [-0.3, -0.25) is 4.98 Å². The van der Waals surface area contributed by atoms with Crippen LogP contribution in [-0.2, 0) is 11.3 Å². The first-order valence-corrected chi connectivity index (χ1v) is 11.4. The molecular formula is C25H26FN7O. The number of hydrogen-bond acceptors (Lipinski definition) is 7. The van der Waals surface area contributed by atoms with Gasteiger partial charge in [-0.2, -0.15) is 0 Å². The van der Waals surface area contributed by atoms with Crippen LogP contribution in [0.5, 0.6) is 0 Å². The van der Waals surface area contributed by atoms with E-state index in [4.69, 9.17) is 4.74 Å². The highest BCUT2D eigenvalue weighted by Crippen LogP contribution is 2.26. The molecule has 3 aromatic heterocycles. The number of H-pyrrole nitrogens is 1. The van der Waals surface area contributed by atoms with Gasteiger partial charge >= 0.3 is 0 Å². The van der Waals surface area contributed by atoms with Crippen molar-refractivity contribution in [2.75, 3.05) is 25.1 Å². The number of nitrogens with one attached hydrogen (secondary N) is 3. The van der Waals surface area contributed by atoms with E-state index in [-0.39, 0.29) is 0 Å². The smallest absolute Gasteiger partial charge is 0.183 e. The lowest BCUT2D eigenvalue weighted by atomic mass is 9.96. The molecule has 8 nitrogen and oxygen atoms in total. The highest BCUT2D eigenvalue weighted by Gasteiger charge is 2.14. The van der Waals surface area contributed by atoms with Crippen molar-refractivity contribution < 1.29 is 9.13 Å². The van der Waals surface area contributed by atoms with Gasteiger partial charge in [0.2, 0.25) is 0 Å². The summed E-state index contributed by atoms with van der Waals surface area (Å²) < 4.78 is 18.5. The maximum atomic E-state index is 13.6. The van der Waals surface area contributed by atoms with E-state index in [2.05, 4.69) is 66.0 Å². The monoisotopic (exact) mass is 459 g/mol. The van der Waals surface area contributed by atoms with Gasteiger partial charge in [0.15, 0.2) is 17.3 Å². The third-order valence-corrected chi connectivity index (χ3v) is 5.69. The average molecular weight is 460 g/mol. The number of nitrogens with zero attached hydrogens (tertiary/aromatic N) is 4. The minimum Gasteiger partial charge on any atom is -0.387 e. The Bertz CT molecular complexity index is 1290. The van der Waals surface area contributed by atoms with E-state index in [9.17, 15) is 4.39 Å². The molecule has 4 aromatic rings. The van der Waals surface area contributed by atoms with E-state index in [0.717, 1.165) is 32.4 Å². The third-order valence-electron chi connectivity index (χ3n) is 5.69. The number of ether oxygens (including phenoxy) is 1. The zero-order valence-electron chi connectivity index (χ0n) is 18.7. The van der Waals surface area contributed by atoms with Gasteiger partial charge in [0, 0.05) is 44.3 Å². The van der Waals surface area contributed by atoms with Crippen molar-refractivity contribution in [2.24, 2.45) is 0 Å². The quantitative estimate of drug-likeness (QED) is 0.409. The Morgan fingerprint density at radius 3 is 2.79 bits per heavy atom. The van der Waals surface area contributed by atoms with Crippen molar-refractivity contribution in [1.82, 2.24) is 30.2 Å². The predicted molar refractivity (Wildman–Crippen MR) is 129 cm³/mol. The number of aromatic nitrogens is 5. The average Bonchev–Trinajstić information content (AvgIpc) is 3.59. The molecule has 3 N–H and O–H groups in total. The first-order chi connectivity index (χ1) is 16.8. The van der Waals surface area contributed by atoms with Gasteiger partial charge < -0.3 is 20.4 Å². The van der Waals surface area contributed by atoms with Crippen LogP contribution >= 0.6 is 0 Å². The maximum Gasteiger partial charge on any atom is 0.183 e. The molecule has 6 rings (SSSR count). The molecule has 5 heterocycles. The molecule has 0 saturated carbocycles. The Labute approximate surface area is 196 Å². The van der Waals surface area contributed by atoms with Crippen molar-refractivity contribution in [1.29, 1.82) is 0 Å². The number of benzene rings is 1. The highest BCUT2D eigenvalue weighted by atomic mass is 19.1. The zero-order chi connectivity index (χ0) is 23.2. The molecule has 0 atom stereocenters. The predicted octanol–water partition coefficient (Wildman–Crippen LogP) is 4.30. The largest absolute Gasteiger partial charge is 0.387 e. The summed E-state index contributed by atoms with van der Waals surface area (Å²) in [7, 11) is 0. The fourth-order valence-corrected chi connectivity index (χ4v) is 4.01. The Hall–Kier alpha value is -3.85. The Kier molecular flexibility index (Phi) is 6.71. The van der Waals surface area contributed by atoms with Gasteiger partial charge in [0.25, 0.3) is 0 Å². The normalized spacial score (nSPS) is 14.6. The fraction of sp³-hybridized carbons (Fsp3) is 0.280. The second-order valence-corrected chi connectivity index (χ2v) is 8.09. The van der Waals surface area contributed by atoms with E-state index in [1.807, 2.05) is 0 Å². The Morgan fingerprint density at radius 1 is 1.09 bits per heavy atom. The molecule has 2 aliphatic heterocycles. The second-order valence-electron chi connectivity index (χ2n) is 8.09. The molecule has 1 saturated heterocycles. The summed E-state index contributed by atoms with van der Waals surface area (Å²) in [5, 5.41) is 6.70. The minimum absolute atomic E-state index is 0.378. The van der Waals surface area contributed by atoms with E-state index in [0.29, 0.717) is 34.9 Å². The first kappa shape index (κ1) is 22.0. The van der Waals surface area contributed by atoms with Crippen LogP contribution in [0.1, 0.15) is 30.4 Å². The first-order valence-electron chi connectivity index (χ1n) is 11.4. The molecule has 174 valence electrons.